The van der Waals surface area contributed by atoms with Crippen LogP contribution in [0.1, 0.15) is 54.1 Å². The molecule has 0 atom stereocenters. The van der Waals surface area contributed by atoms with Gasteiger partial charge in [-0.2, -0.15) is 4.31 Å². The molecule has 0 bridgehead atoms. The first-order valence-corrected chi connectivity index (χ1v) is 12.3. The van der Waals surface area contributed by atoms with Gasteiger partial charge in [0, 0.05) is 32.2 Å². The van der Waals surface area contributed by atoms with Gasteiger partial charge in [0.05, 0.1) is 7.11 Å². The first-order chi connectivity index (χ1) is 14.9. The maximum absolute atomic E-state index is 13.3. The number of ether oxygens (including phenoxy) is 1. The minimum Gasteiger partial charge on any atom is -0.495 e. The zero-order valence-corrected chi connectivity index (χ0v) is 19.5. The van der Waals surface area contributed by atoms with Gasteiger partial charge in [-0.15, -0.1) is 0 Å². The van der Waals surface area contributed by atoms with Gasteiger partial charge in [0.15, 0.2) is 0 Å². The molecule has 0 spiro atoms. The fourth-order valence-electron chi connectivity index (χ4n) is 3.88. The van der Waals surface area contributed by atoms with Gasteiger partial charge >= 0.3 is 0 Å². The zero-order valence-electron chi connectivity index (χ0n) is 18.6. The molecule has 1 saturated heterocycles. The highest BCUT2D eigenvalue weighted by Gasteiger charge is 2.29. The van der Waals surface area contributed by atoms with Crippen molar-refractivity contribution < 1.29 is 17.9 Å². The number of rotatable bonds is 7. The molecule has 1 aliphatic heterocycles. The largest absolute Gasteiger partial charge is 0.495 e. The highest BCUT2D eigenvalue weighted by Crippen LogP contribution is 2.30. The van der Waals surface area contributed by atoms with Crippen LogP contribution in [0.4, 0.5) is 0 Å². The number of nitrogens with zero attached hydrogens (tertiary/aromatic N) is 2. The van der Waals surface area contributed by atoms with Crippen LogP contribution < -0.4 is 4.74 Å². The Morgan fingerprint density at radius 3 is 2.19 bits per heavy atom. The van der Waals surface area contributed by atoms with Crippen molar-refractivity contribution in [3.8, 4) is 5.75 Å². The lowest BCUT2D eigenvalue weighted by Crippen LogP contribution is -2.32. The summed E-state index contributed by atoms with van der Waals surface area (Å²) < 4.78 is 33.5. The van der Waals surface area contributed by atoms with E-state index >= 15 is 0 Å². The van der Waals surface area contributed by atoms with Crippen LogP contribution in [0.5, 0.6) is 5.75 Å². The molecule has 168 valence electrons. The van der Waals surface area contributed by atoms with E-state index in [2.05, 4.69) is 19.1 Å². The van der Waals surface area contributed by atoms with E-state index < -0.39 is 10.0 Å². The van der Waals surface area contributed by atoms with Crippen LogP contribution in [-0.2, 0) is 23.0 Å². The summed E-state index contributed by atoms with van der Waals surface area (Å²) in [5.74, 6) is 0.0353. The summed E-state index contributed by atoms with van der Waals surface area (Å²) in [6, 6.07) is 12.8. The van der Waals surface area contributed by atoms with Gasteiger partial charge in [-0.05, 0) is 48.6 Å². The second kappa shape index (κ2) is 10.3. The second-order valence-electron chi connectivity index (χ2n) is 8.02. The second-order valence-corrected chi connectivity index (χ2v) is 9.92. The van der Waals surface area contributed by atoms with E-state index in [0.717, 1.165) is 37.7 Å². The molecule has 6 nitrogen and oxygen atoms in total. The molecule has 31 heavy (non-hydrogen) atoms. The monoisotopic (exact) mass is 444 g/mol. The minimum absolute atomic E-state index is 0.0587. The predicted molar refractivity (Wildman–Crippen MR) is 122 cm³/mol. The van der Waals surface area contributed by atoms with E-state index in [-0.39, 0.29) is 16.6 Å². The van der Waals surface area contributed by atoms with Gasteiger partial charge < -0.3 is 9.64 Å². The van der Waals surface area contributed by atoms with E-state index in [4.69, 9.17) is 4.74 Å². The summed E-state index contributed by atoms with van der Waals surface area (Å²) in [6.07, 6.45) is 4.73. The molecule has 0 aromatic heterocycles. The summed E-state index contributed by atoms with van der Waals surface area (Å²) in [7, 11) is -0.565. The summed E-state index contributed by atoms with van der Waals surface area (Å²) >= 11 is 0. The molecule has 0 unspecified atom stereocenters. The maximum Gasteiger partial charge on any atom is 0.253 e. The lowest BCUT2D eigenvalue weighted by molar-refractivity contribution is 0.0785. The number of sulfonamides is 1. The van der Waals surface area contributed by atoms with Crippen molar-refractivity contribution in [2.24, 2.45) is 0 Å². The molecular formula is C24H32N2O4S. The molecule has 7 heteroatoms. The smallest absolute Gasteiger partial charge is 0.253 e. The molecule has 1 aliphatic rings. The van der Waals surface area contributed by atoms with Crippen LogP contribution in [0.3, 0.4) is 0 Å². The Kier molecular flexibility index (Phi) is 7.73. The van der Waals surface area contributed by atoms with Crippen LogP contribution in [0, 0.1) is 0 Å². The fourth-order valence-corrected chi connectivity index (χ4v) is 5.58. The average molecular weight is 445 g/mol. The van der Waals surface area contributed by atoms with Gasteiger partial charge in [-0.1, -0.05) is 44.0 Å². The Morgan fingerprint density at radius 1 is 1.00 bits per heavy atom. The number of aryl methyl sites for hydroxylation is 1. The molecule has 2 aromatic carbocycles. The molecule has 0 N–H and O–H groups in total. The van der Waals surface area contributed by atoms with Crippen molar-refractivity contribution in [1.82, 2.24) is 9.21 Å². The first-order valence-electron chi connectivity index (χ1n) is 10.9. The van der Waals surface area contributed by atoms with Crippen LogP contribution in [-0.4, -0.2) is 50.8 Å². The van der Waals surface area contributed by atoms with Crippen molar-refractivity contribution in [3.05, 3.63) is 59.2 Å². The van der Waals surface area contributed by atoms with Gasteiger partial charge in [-0.3, -0.25) is 4.79 Å². The topological polar surface area (TPSA) is 66.9 Å². The molecule has 2 aromatic rings. The van der Waals surface area contributed by atoms with Gasteiger partial charge in [0.25, 0.3) is 5.91 Å². The third-order valence-corrected chi connectivity index (χ3v) is 7.71. The summed E-state index contributed by atoms with van der Waals surface area (Å²) in [4.78, 5) is 14.7. The third-order valence-electron chi connectivity index (χ3n) is 5.79. The zero-order chi connectivity index (χ0) is 22.4. The average Bonchev–Trinajstić information content (AvgIpc) is 3.09. The van der Waals surface area contributed by atoms with Crippen molar-refractivity contribution in [2.45, 2.75) is 50.5 Å². The van der Waals surface area contributed by atoms with Crippen molar-refractivity contribution in [3.63, 3.8) is 0 Å². The Bertz CT molecular complexity index is 995. The summed E-state index contributed by atoms with van der Waals surface area (Å²) in [5, 5.41) is 0. The molecule has 0 radical (unpaired) electrons. The van der Waals surface area contributed by atoms with E-state index in [0.29, 0.717) is 25.2 Å². The van der Waals surface area contributed by atoms with Crippen molar-refractivity contribution >= 4 is 15.9 Å². The number of carbonyl (C=O) groups excluding carboxylic acids is 1. The van der Waals surface area contributed by atoms with Crippen LogP contribution in [0.2, 0.25) is 0 Å². The molecule has 1 amide bonds. The lowest BCUT2D eigenvalue weighted by atomic mass is 10.1. The Balaban J connectivity index is 1.85. The number of hydrogen-bond donors (Lipinski definition) is 0. The van der Waals surface area contributed by atoms with Crippen molar-refractivity contribution in [2.75, 3.05) is 27.2 Å². The van der Waals surface area contributed by atoms with Crippen molar-refractivity contribution in [1.29, 1.82) is 0 Å². The SMILES string of the molecule is CCc1ccc(CN(C)C(=O)c2ccc(OC)c(S(=O)(=O)N3CCCCCC3)c2)cc1. The number of amides is 1. The number of methoxy groups -OCH3 is 1. The molecule has 0 saturated carbocycles. The van der Waals surface area contributed by atoms with Crippen LogP contribution >= 0.6 is 0 Å². The lowest BCUT2D eigenvalue weighted by Gasteiger charge is -2.22. The summed E-state index contributed by atoms with van der Waals surface area (Å²) in [5.41, 5.74) is 2.61. The van der Waals surface area contributed by atoms with Gasteiger partial charge in [0.2, 0.25) is 10.0 Å². The highest BCUT2D eigenvalue weighted by molar-refractivity contribution is 7.89. The summed E-state index contributed by atoms with van der Waals surface area (Å²) in [6.45, 7) is 3.54. The standard InChI is InChI=1S/C24H32N2O4S/c1-4-19-9-11-20(12-10-19)18-25(2)24(27)21-13-14-22(30-3)23(17-21)31(28,29)26-15-7-5-6-8-16-26/h9-14,17H,4-8,15-16,18H2,1-3H3. The highest BCUT2D eigenvalue weighted by atomic mass is 32.2. The molecule has 0 aliphatic carbocycles. The van der Waals surface area contributed by atoms with E-state index in [1.807, 2.05) is 12.1 Å². The van der Waals surface area contributed by atoms with Gasteiger partial charge in [-0.25, -0.2) is 8.42 Å². The Morgan fingerprint density at radius 2 is 1.61 bits per heavy atom. The molecular weight excluding hydrogens is 412 g/mol. The number of hydrogen-bond acceptors (Lipinski definition) is 4. The van der Waals surface area contributed by atoms with E-state index in [1.54, 1.807) is 24.1 Å². The fraction of sp³-hybridized carbons (Fsp3) is 0.458. The van der Waals surface area contributed by atoms with E-state index in [9.17, 15) is 13.2 Å². The Hall–Kier alpha value is -2.38. The quantitative estimate of drug-likeness (QED) is 0.645. The van der Waals surface area contributed by atoms with Crippen LogP contribution in [0.15, 0.2) is 47.4 Å². The van der Waals surface area contributed by atoms with Crippen LogP contribution in [0.25, 0.3) is 0 Å². The number of carbonyl (C=O) groups is 1. The molecule has 3 rings (SSSR count). The first kappa shape index (κ1) is 23.3. The maximum atomic E-state index is 13.3. The predicted octanol–water partition coefficient (Wildman–Crippen LogP) is 4.09. The van der Waals surface area contributed by atoms with E-state index in [1.165, 1.54) is 23.0 Å². The minimum atomic E-state index is -3.74. The number of benzene rings is 2. The Labute approximate surface area is 185 Å². The normalized spacial score (nSPS) is 15.3. The molecule has 1 fully saturated rings. The molecule has 1 heterocycles. The van der Waals surface area contributed by atoms with Gasteiger partial charge in [0.1, 0.15) is 10.6 Å². The third kappa shape index (κ3) is 5.46.